The normalized spacial score (nSPS) is 15.4. The summed E-state index contributed by atoms with van der Waals surface area (Å²) in [6, 6.07) is 10.8. The minimum atomic E-state index is -0.767. The smallest absolute Gasteiger partial charge is 0.317 e. The van der Waals surface area contributed by atoms with Crippen LogP contribution >= 0.6 is 11.6 Å². The van der Waals surface area contributed by atoms with Gasteiger partial charge in [-0.15, -0.1) is 0 Å². The molecule has 0 N–H and O–H groups in total. The van der Waals surface area contributed by atoms with Crippen LogP contribution in [-0.4, -0.2) is 25.5 Å². The summed E-state index contributed by atoms with van der Waals surface area (Å²) in [6.07, 6.45) is 3.13. The molecular weight excluding hydrogens is 371 g/mol. The van der Waals surface area contributed by atoms with Gasteiger partial charge in [-0.25, -0.2) is 4.39 Å². The van der Waals surface area contributed by atoms with Crippen molar-refractivity contribution in [1.82, 2.24) is 0 Å². The van der Waals surface area contributed by atoms with Gasteiger partial charge in [0.2, 0.25) is 5.78 Å². The molecule has 0 heterocycles. The Morgan fingerprint density at radius 2 is 1.78 bits per heavy atom. The SMILES string of the molecule is COc1ccc(F)cc1C(=O)COC(=O)C1(c2ccc(Cl)cc2)CCCC1. The molecule has 0 radical (unpaired) electrons. The fourth-order valence-electron chi connectivity index (χ4n) is 3.60. The van der Waals surface area contributed by atoms with E-state index < -0.39 is 29.6 Å². The molecule has 0 bridgehead atoms. The highest BCUT2D eigenvalue weighted by Crippen LogP contribution is 2.42. The minimum Gasteiger partial charge on any atom is -0.496 e. The molecule has 0 aliphatic heterocycles. The van der Waals surface area contributed by atoms with Crippen LogP contribution in [0.5, 0.6) is 5.75 Å². The molecule has 27 heavy (non-hydrogen) atoms. The maximum atomic E-state index is 13.5. The maximum absolute atomic E-state index is 13.5. The van der Waals surface area contributed by atoms with E-state index in [1.807, 2.05) is 12.1 Å². The first-order chi connectivity index (χ1) is 13.0. The van der Waals surface area contributed by atoms with Crippen molar-refractivity contribution in [1.29, 1.82) is 0 Å². The van der Waals surface area contributed by atoms with Gasteiger partial charge in [0.1, 0.15) is 11.6 Å². The summed E-state index contributed by atoms with van der Waals surface area (Å²) < 4.78 is 23.9. The number of hydrogen-bond acceptors (Lipinski definition) is 4. The van der Waals surface area contributed by atoms with Gasteiger partial charge >= 0.3 is 5.97 Å². The average Bonchev–Trinajstić information content (AvgIpc) is 3.17. The summed E-state index contributed by atoms with van der Waals surface area (Å²) in [6.45, 7) is -0.464. The fourth-order valence-corrected chi connectivity index (χ4v) is 3.73. The molecule has 2 aromatic carbocycles. The van der Waals surface area contributed by atoms with E-state index in [1.54, 1.807) is 12.1 Å². The number of halogens is 2. The number of ketones is 1. The Labute approximate surface area is 162 Å². The molecule has 0 atom stereocenters. The number of esters is 1. The van der Waals surface area contributed by atoms with E-state index in [0.29, 0.717) is 17.9 Å². The van der Waals surface area contributed by atoms with Crippen molar-refractivity contribution in [2.45, 2.75) is 31.1 Å². The number of ether oxygens (including phenoxy) is 2. The third-order valence-electron chi connectivity index (χ3n) is 5.04. The highest BCUT2D eigenvalue weighted by molar-refractivity contribution is 6.30. The van der Waals surface area contributed by atoms with Gasteiger partial charge in [-0.1, -0.05) is 36.6 Å². The molecule has 0 amide bonds. The van der Waals surface area contributed by atoms with Gasteiger partial charge in [0.15, 0.2) is 6.61 Å². The fraction of sp³-hybridized carbons (Fsp3) is 0.333. The second-order valence-corrected chi connectivity index (χ2v) is 7.08. The molecule has 2 aromatic rings. The van der Waals surface area contributed by atoms with E-state index >= 15 is 0 Å². The van der Waals surface area contributed by atoms with Crippen LogP contribution in [0.2, 0.25) is 5.02 Å². The summed E-state index contributed by atoms with van der Waals surface area (Å²) in [5.74, 6) is -1.26. The molecule has 1 fully saturated rings. The van der Waals surface area contributed by atoms with Crippen LogP contribution in [0.4, 0.5) is 4.39 Å². The number of methoxy groups -OCH3 is 1. The van der Waals surface area contributed by atoms with Crippen LogP contribution in [-0.2, 0) is 14.9 Å². The molecule has 0 spiro atoms. The van der Waals surface area contributed by atoms with Gasteiger partial charge in [0, 0.05) is 5.02 Å². The topological polar surface area (TPSA) is 52.6 Å². The maximum Gasteiger partial charge on any atom is 0.317 e. The van der Waals surface area contributed by atoms with E-state index in [2.05, 4.69) is 0 Å². The summed E-state index contributed by atoms with van der Waals surface area (Å²) in [7, 11) is 1.39. The Balaban J connectivity index is 1.76. The highest BCUT2D eigenvalue weighted by atomic mass is 35.5. The summed E-state index contributed by atoms with van der Waals surface area (Å²) in [4.78, 5) is 25.3. The van der Waals surface area contributed by atoms with Crippen molar-refractivity contribution in [2.24, 2.45) is 0 Å². The average molecular weight is 391 g/mol. The van der Waals surface area contributed by atoms with Crippen LogP contribution in [0.15, 0.2) is 42.5 Å². The summed E-state index contributed by atoms with van der Waals surface area (Å²) >= 11 is 5.95. The first-order valence-corrected chi connectivity index (χ1v) is 9.14. The second-order valence-electron chi connectivity index (χ2n) is 6.64. The predicted molar refractivity (Wildman–Crippen MR) is 99.8 cm³/mol. The van der Waals surface area contributed by atoms with Gasteiger partial charge in [-0.3, -0.25) is 9.59 Å². The van der Waals surface area contributed by atoms with Crippen molar-refractivity contribution >= 4 is 23.4 Å². The van der Waals surface area contributed by atoms with Gasteiger partial charge in [-0.2, -0.15) is 0 Å². The molecule has 1 aliphatic rings. The zero-order valence-corrected chi connectivity index (χ0v) is 15.7. The molecule has 1 saturated carbocycles. The molecule has 0 unspecified atom stereocenters. The predicted octanol–water partition coefficient (Wildman–Crippen LogP) is 4.73. The van der Waals surface area contributed by atoms with Crippen molar-refractivity contribution in [3.8, 4) is 5.75 Å². The van der Waals surface area contributed by atoms with Crippen LogP contribution in [0.1, 0.15) is 41.6 Å². The lowest BCUT2D eigenvalue weighted by atomic mass is 9.79. The van der Waals surface area contributed by atoms with Crippen molar-refractivity contribution in [3.63, 3.8) is 0 Å². The number of carbonyl (C=O) groups excluding carboxylic acids is 2. The molecule has 4 nitrogen and oxygen atoms in total. The van der Waals surface area contributed by atoms with Crippen LogP contribution in [0.25, 0.3) is 0 Å². The van der Waals surface area contributed by atoms with Crippen molar-refractivity contribution in [2.75, 3.05) is 13.7 Å². The third-order valence-corrected chi connectivity index (χ3v) is 5.29. The van der Waals surface area contributed by atoms with Gasteiger partial charge in [0.05, 0.1) is 18.1 Å². The number of rotatable bonds is 6. The number of benzene rings is 2. The lowest BCUT2D eigenvalue weighted by Gasteiger charge is -2.27. The monoisotopic (exact) mass is 390 g/mol. The molecule has 142 valence electrons. The van der Waals surface area contributed by atoms with E-state index in [4.69, 9.17) is 21.1 Å². The van der Waals surface area contributed by atoms with Crippen LogP contribution in [0.3, 0.4) is 0 Å². The quantitative estimate of drug-likeness (QED) is 0.528. The van der Waals surface area contributed by atoms with Gasteiger partial charge in [-0.05, 0) is 48.7 Å². The first kappa shape index (κ1) is 19.4. The minimum absolute atomic E-state index is 0.0530. The molecule has 0 saturated heterocycles. The Bertz CT molecular complexity index is 842. The highest BCUT2D eigenvalue weighted by Gasteiger charge is 2.44. The summed E-state index contributed by atoms with van der Waals surface area (Å²) in [5, 5.41) is 0.591. The van der Waals surface area contributed by atoms with E-state index in [9.17, 15) is 14.0 Å². The number of carbonyl (C=O) groups is 2. The second kappa shape index (κ2) is 8.09. The summed E-state index contributed by atoms with van der Waals surface area (Å²) in [5.41, 5.74) is 0.124. The van der Waals surface area contributed by atoms with E-state index in [-0.39, 0.29) is 11.3 Å². The number of hydrogen-bond donors (Lipinski definition) is 0. The molecule has 1 aliphatic carbocycles. The Hall–Kier alpha value is -2.40. The molecule has 3 rings (SSSR count). The Morgan fingerprint density at radius 1 is 1.11 bits per heavy atom. The Morgan fingerprint density at radius 3 is 2.41 bits per heavy atom. The molecule has 6 heteroatoms. The lowest BCUT2D eigenvalue weighted by molar-refractivity contribution is -0.149. The molecular formula is C21H20ClFO4. The zero-order chi connectivity index (χ0) is 19.4. The Kier molecular flexibility index (Phi) is 5.80. The van der Waals surface area contributed by atoms with E-state index in [0.717, 1.165) is 24.5 Å². The standard InChI is InChI=1S/C21H20ClFO4/c1-26-19-9-8-16(23)12-17(19)18(24)13-27-20(25)21(10-2-3-11-21)14-4-6-15(22)7-5-14/h4-9,12H,2-3,10-11,13H2,1H3. The largest absolute Gasteiger partial charge is 0.496 e. The third kappa shape index (κ3) is 3.98. The zero-order valence-electron chi connectivity index (χ0n) is 15.0. The molecule has 0 aromatic heterocycles. The van der Waals surface area contributed by atoms with Crippen LogP contribution < -0.4 is 4.74 Å². The van der Waals surface area contributed by atoms with E-state index in [1.165, 1.54) is 19.2 Å². The number of Topliss-reactive ketones (excluding diaryl/α,β-unsaturated/α-hetero) is 1. The first-order valence-electron chi connectivity index (χ1n) is 8.76. The van der Waals surface area contributed by atoms with Crippen LogP contribution in [0, 0.1) is 5.82 Å². The van der Waals surface area contributed by atoms with Gasteiger partial charge < -0.3 is 9.47 Å². The van der Waals surface area contributed by atoms with Crippen molar-refractivity contribution < 1.29 is 23.5 Å². The lowest BCUT2D eigenvalue weighted by Crippen LogP contribution is -2.35. The van der Waals surface area contributed by atoms with Crippen molar-refractivity contribution in [3.05, 3.63) is 64.4 Å². The van der Waals surface area contributed by atoms with Gasteiger partial charge in [0.25, 0.3) is 0 Å².